The predicted octanol–water partition coefficient (Wildman–Crippen LogP) is 3.59. The van der Waals surface area contributed by atoms with E-state index in [1.54, 1.807) is 0 Å². The lowest BCUT2D eigenvalue weighted by molar-refractivity contribution is -0.139. The smallest absolute Gasteiger partial charge is 0.305 e. The zero-order valence-electron chi connectivity index (χ0n) is 9.88. The summed E-state index contributed by atoms with van der Waals surface area (Å²) in [5, 5.41) is 13.0. The molecule has 1 saturated carbocycles. The van der Waals surface area contributed by atoms with Gasteiger partial charge >= 0.3 is 5.97 Å². The molecular formula is C13H15BrClNO2. The Labute approximate surface area is 120 Å². The van der Waals surface area contributed by atoms with Crippen LogP contribution in [0.25, 0.3) is 0 Å². The predicted molar refractivity (Wildman–Crippen MR) is 74.8 cm³/mol. The number of hydrogen-bond donors (Lipinski definition) is 2. The van der Waals surface area contributed by atoms with Gasteiger partial charge in [0.1, 0.15) is 0 Å². The molecule has 2 rings (SSSR count). The normalized spacial score (nSPS) is 17.2. The lowest BCUT2D eigenvalue weighted by Crippen LogP contribution is -2.51. The van der Waals surface area contributed by atoms with E-state index >= 15 is 0 Å². The average molecular weight is 333 g/mol. The maximum atomic E-state index is 10.9. The first-order valence-corrected chi connectivity index (χ1v) is 7.09. The molecule has 1 fully saturated rings. The lowest BCUT2D eigenvalue weighted by Gasteiger charge is -2.42. The minimum Gasteiger partial charge on any atom is -0.481 e. The second-order valence-electron chi connectivity index (χ2n) is 4.79. The standard InChI is InChI=1S/C13H15BrClNO2/c14-11-3-2-10(15)6-9(11)8-16-13(4-1-5-13)7-12(17)18/h2-3,6,16H,1,4-5,7-8H2,(H,17,18). The first-order chi connectivity index (χ1) is 8.51. The highest BCUT2D eigenvalue weighted by molar-refractivity contribution is 9.10. The minimum atomic E-state index is -0.743. The number of nitrogens with one attached hydrogen (secondary N) is 1. The van der Waals surface area contributed by atoms with Crippen molar-refractivity contribution in [2.75, 3.05) is 0 Å². The van der Waals surface area contributed by atoms with Crippen LogP contribution in [0, 0.1) is 0 Å². The molecule has 5 heteroatoms. The fourth-order valence-corrected chi connectivity index (χ4v) is 2.85. The van der Waals surface area contributed by atoms with E-state index in [-0.39, 0.29) is 12.0 Å². The van der Waals surface area contributed by atoms with E-state index in [0.29, 0.717) is 11.6 Å². The van der Waals surface area contributed by atoms with Crippen molar-refractivity contribution in [2.24, 2.45) is 0 Å². The molecule has 0 amide bonds. The number of benzene rings is 1. The molecule has 0 bridgehead atoms. The number of carboxylic acid groups (broad SMARTS) is 1. The maximum Gasteiger partial charge on any atom is 0.305 e. The van der Waals surface area contributed by atoms with Crippen LogP contribution in [0.1, 0.15) is 31.2 Å². The fourth-order valence-electron chi connectivity index (χ4n) is 2.27. The molecule has 0 radical (unpaired) electrons. The first kappa shape index (κ1) is 13.8. The van der Waals surface area contributed by atoms with Gasteiger partial charge in [0.15, 0.2) is 0 Å². The molecule has 1 aromatic rings. The van der Waals surface area contributed by atoms with Crippen molar-refractivity contribution >= 4 is 33.5 Å². The van der Waals surface area contributed by atoms with Gasteiger partial charge in [0.05, 0.1) is 6.42 Å². The third-order valence-corrected chi connectivity index (χ3v) is 4.47. The highest BCUT2D eigenvalue weighted by atomic mass is 79.9. The van der Waals surface area contributed by atoms with Gasteiger partial charge in [-0.1, -0.05) is 27.5 Å². The summed E-state index contributed by atoms with van der Waals surface area (Å²) in [4.78, 5) is 10.9. The van der Waals surface area contributed by atoms with Crippen molar-refractivity contribution < 1.29 is 9.90 Å². The molecule has 3 nitrogen and oxygen atoms in total. The van der Waals surface area contributed by atoms with Crippen molar-refractivity contribution in [1.29, 1.82) is 0 Å². The Balaban J connectivity index is 2.01. The van der Waals surface area contributed by atoms with Crippen LogP contribution < -0.4 is 5.32 Å². The van der Waals surface area contributed by atoms with Crippen LogP contribution in [0.4, 0.5) is 0 Å². The molecule has 2 N–H and O–H groups in total. The van der Waals surface area contributed by atoms with Gasteiger partial charge in [0.2, 0.25) is 0 Å². The van der Waals surface area contributed by atoms with Gasteiger partial charge < -0.3 is 10.4 Å². The number of rotatable bonds is 5. The SMILES string of the molecule is O=C(O)CC1(NCc2cc(Cl)ccc2Br)CCC1. The van der Waals surface area contributed by atoms with E-state index in [4.69, 9.17) is 16.7 Å². The summed E-state index contributed by atoms with van der Waals surface area (Å²) >= 11 is 9.43. The largest absolute Gasteiger partial charge is 0.481 e. The molecule has 0 aliphatic heterocycles. The quantitative estimate of drug-likeness (QED) is 0.866. The van der Waals surface area contributed by atoms with Crippen molar-refractivity contribution in [3.63, 3.8) is 0 Å². The lowest BCUT2D eigenvalue weighted by atomic mass is 9.74. The molecule has 1 aliphatic rings. The van der Waals surface area contributed by atoms with E-state index in [9.17, 15) is 4.79 Å². The highest BCUT2D eigenvalue weighted by Crippen LogP contribution is 2.35. The van der Waals surface area contributed by atoms with Crippen molar-refractivity contribution in [1.82, 2.24) is 5.32 Å². The number of carboxylic acids is 1. The summed E-state index contributed by atoms with van der Waals surface area (Å²) in [5.74, 6) is -0.743. The number of halogens is 2. The van der Waals surface area contributed by atoms with Crippen LogP contribution in [-0.4, -0.2) is 16.6 Å². The van der Waals surface area contributed by atoms with E-state index in [1.165, 1.54) is 0 Å². The zero-order chi connectivity index (χ0) is 13.2. The topological polar surface area (TPSA) is 49.3 Å². The molecule has 1 aliphatic carbocycles. The molecule has 18 heavy (non-hydrogen) atoms. The minimum absolute atomic E-state index is 0.186. The molecule has 0 spiro atoms. The molecule has 1 aromatic carbocycles. The molecule has 0 unspecified atom stereocenters. The van der Waals surface area contributed by atoms with Crippen LogP contribution in [0.15, 0.2) is 22.7 Å². The third-order valence-electron chi connectivity index (χ3n) is 3.46. The Morgan fingerprint density at radius 1 is 1.50 bits per heavy atom. The van der Waals surface area contributed by atoms with Gasteiger partial charge in [-0.3, -0.25) is 4.79 Å². The Morgan fingerprint density at radius 3 is 2.78 bits per heavy atom. The third kappa shape index (κ3) is 3.25. The summed E-state index contributed by atoms with van der Waals surface area (Å²) in [6.45, 7) is 0.633. The van der Waals surface area contributed by atoms with Crippen molar-refractivity contribution in [2.45, 2.75) is 37.8 Å². The Hall–Kier alpha value is -0.580. The van der Waals surface area contributed by atoms with Crippen LogP contribution in [0.3, 0.4) is 0 Å². The first-order valence-electron chi connectivity index (χ1n) is 5.92. The fraction of sp³-hybridized carbons (Fsp3) is 0.462. The number of hydrogen-bond acceptors (Lipinski definition) is 2. The Bertz CT molecular complexity index is 460. The average Bonchev–Trinajstić information content (AvgIpc) is 2.26. The van der Waals surface area contributed by atoms with Gasteiger partial charge in [0, 0.05) is 21.6 Å². The summed E-state index contributed by atoms with van der Waals surface area (Å²) in [5.41, 5.74) is 0.826. The van der Waals surface area contributed by atoms with Gasteiger partial charge in [0.25, 0.3) is 0 Å². The van der Waals surface area contributed by atoms with E-state index in [2.05, 4.69) is 21.2 Å². The second-order valence-corrected chi connectivity index (χ2v) is 6.08. The Morgan fingerprint density at radius 2 is 2.22 bits per heavy atom. The van der Waals surface area contributed by atoms with E-state index < -0.39 is 5.97 Å². The monoisotopic (exact) mass is 331 g/mol. The molecular weight excluding hydrogens is 318 g/mol. The van der Waals surface area contributed by atoms with E-state index in [0.717, 1.165) is 29.3 Å². The van der Waals surface area contributed by atoms with Gasteiger partial charge in [-0.25, -0.2) is 0 Å². The number of aliphatic carboxylic acids is 1. The van der Waals surface area contributed by atoms with Gasteiger partial charge in [-0.15, -0.1) is 0 Å². The highest BCUT2D eigenvalue weighted by Gasteiger charge is 2.38. The zero-order valence-corrected chi connectivity index (χ0v) is 12.2. The van der Waals surface area contributed by atoms with Crippen molar-refractivity contribution in [3.8, 4) is 0 Å². The molecule has 0 heterocycles. The summed E-state index contributed by atoms with van der Waals surface area (Å²) in [6.07, 6.45) is 3.14. The van der Waals surface area contributed by atoms with Crippen LogP contribution >= 0.6 is 27.5 Å². The summed E-state index contributed by atoms with van der Waals surface area (Å²) < 4.78 is 0.990. The van der Waals surface area contributed by atoms with E-state index in [1.807, 2.05) is 18.2 Å². The molecule has 0 saturated heterocycles. The summed E-state index contributed by atoms with van der Waals surface area (Å²) in [6, 6.07) is 5.63. The van der Waals surface area contributed by atoms with Crippen LogP contribution in [0.5, 0.6) is 0 Å². The van der Waals surface area contributed by atoms with Crippen LogP contribution in [-0.2, 0) is 11.3 Å². The Kier molecular flexibility index (Phi) is 4.30. The second kappa shape index (κ2) is 5.59. The van der Waals surface area contributed by atoms with Gasteiger partial charge in [-0.05, 0) is 43.0 Å². The maximum absolute atomic E-state index is 10.9. The van der Waals surface area contributed by atoms with Crippen molar-refractivity contribution in [3.05, 3.63) is 33.3 Å². The van der Waals surface area contributed by atoms with Gasteiger partial charge in [-0.2, -0.15) is 0 Å². The van der Waals surface area contributed by atoms with Crippen LogP contribution in [0.2, 0.25) is 5.02 Å². The molecule has 0 atom stereocenters. The molecule has 98 valence electrons. The summed E-state index contributed by atoms with van der Waals surface area (Å²) in [7, 11) is 0. The number of carbonyl (C=O) groups is 1. The molecule has 0 aromatic heterocycles.